The van der Waals surface area contributed by atoms with Crippen LogP contribution in [-0.2, 0) is 54.1 Å². The molecule has 5 heterocycles. The quantitative estimate of drug-likeness (QED) is 0.0224. The van der Waals surface area contributed by atoms with Crippen LogP contribution in [0.2, 0.25) is 0 Å². The molecule has 5 aliphatic rings. The third-order valence-electron chi connectivity index (χ3n) is 15.6. The summed E-state index contributed by atoms with van der Waals surface area (Å²) in [4.78, 5) is 77.8. The van der Waals surface area contributed by atoms with Crippen molar-refractivity contribution in [1.82, 2.24) is 26.2 Å². The fraction of sp³-hybridized carbons (Fsp3) is 0.648. The number of esters is 1. The monoisotopic (exact) mass is 1320 g/mol. The number of guanidine groups is 2. The van der Waals surface area contributed by atoms with Gasteiger partial charge in [0.1, 0.15) is 42.7 Å². The molecule has 19 unspecified atom stereocenters. The molecule has 23 atom stereocenters. The van der Waals surface area contributed by atoms with E-state index in [1.54, 1.807) is 51.1 Å². The summed E-state index contributed by atoms with van der Waals surface area (Å²) in [5.74, 6) is -5.48. The van der Waals surface area contributed by atoms with Gasteiger partial charge in [0.25, 0.3) is 0 Å². The average molecular weight is 1320 g/mol. The number of rotatable bonds is 27. The number of nitrogens with two attached hydrogens (primary N) is 3. The Kier molecular flexibility index (Phi) is 24.4. The first-order valence-electron chi connectivity index (χ1n) is 28.3. The number of hydrogen-bond donors (Lipinski definition) is 19. The maximum absolute atomic E-state index is 15.2. The Morgan fingerprint density at radius 3 is 1.98 bits per heavy atom. The second kappa shape index (κ2) is 30.8. The predicted octanol–water partition coefficient (Wildman–Crippen LogP) is -9.96. The molecular weight excluding hydrogens is 1240 g/mol. The van der Waals surface area contributed by atoms with Crippen LogP contribution in [0.25, 0.3) is 0 Å². The van der Waals surface area contributed by atoms with E-state index in [2.05, 4.69) is 31.3 Å². The standard InChI is InChI=1S/C54H80N10O23Se/c1-22(2)13-34(70)86-44-39(74)37(72)30(20-68)84-51(44)87-43-31(21-69)85-50(42(77)40(43)75)82-27-11-9-24(10-12-27)14-28(61-47(79)35(55)23(3)25-7-5-4-6-8-25)46(78)63-45(48(80)60-26(17-65)18-66)54(81,88-33-16-58-52(56)62-33)32-15-59-53(57)64(32)49-41(76)38(73)36(71)29(19-67)83-49/h4-12,17,22-23,26,28-33,35-45,49-51,66-69,71-77,81H,13-16,18-21,55H2,1-3H3,(H2,57,59)(H,60,80)(H,61,79)(H,63,78)(H3,56,58,62)/t23?,26-,28+,29?,30?,31?,32?,33?,35+,36?,37?,38?,39?,40?,41?,42?,43?,44?,45-,49?,50?,51?,54?/m1/s1. The summed E-state index contributed by atoms with van der Waals surface area (Å²) in [6, 6.07) is 5.71. The Balaban J connectivity index is 1.18. The molecule has 3 amide bonds. The van der Waals surface area contributed by atoms with Crippen LogP contribution in [0.5, 0.6) is 5.75 Å². The minimum atomic E-state index is -2.66. The van der Waals surface area contributed by atoms with Gasteiger partial charge in [-0.1, -0.05) is 19.9 Å². The van der Waals surface area contributed by atoms with Crippen molar-refractivity contribution in [2.45, 2.75) is 171 Å². The van der Waals surface area contributed by atoms with Crippen LogP contribution in [0.3, 0.4) is 0 Å². The number of nitrogens with zero attached hydrogens (tertiary/aromatic N) is 3. The number of hydrogen-bond acceptors (Lipinski definition) is 30. The van der Waals surface area contributed by atoms with E-state index in [4.69, 9.17) is 45.6 Å². The molecule has 33 nitrogen and oxygen atoms in total. The number of amides is 3. The number of benzene rings is 2. The van der Waals surface area contributed by atoms with Gasteiger partial charge < -0.3 is 49.6 Å². The molecule has 5 aliphatic heterocycles. The number of aliphatic imine (C=N–C) groups is 2. The number of nitrogens with one attached hydrogen (secondary N) is 4. The first kappa shape index (κ1) is 69.6. The van der Waals surface area contributed by atoms with Crippen LogP contribution in [0.4, 0.5) is 0 Å². The third-order valence-corrected chi connectivity index (χ3v) is 18.6. The van der Waals surface area contributed by atoms with Crippen molar-refractivity contribution in [3.05, 3.63) is 65.7 Å². The summed E-state index contributed by atoms with van der Waals surface area (Å²) in [6.45, 7) is 0.993. The summed E-state index contributed by atoms with van der Waals surface area (Å²) in [5, 5.41) is 142. The van der Waals surface area contributed by atoms with Gasteiger partial charge in [0, 0.05) is 6.42 Å². The second-order valence-corrected chi connectivity index (χ2v) is 25.3. The van der Waals surface area contributed by atoms with Crippen molar-refractivity contribution in [2.24, 2.45) is 33.1 Å². The molecular formula is C54H80N10O23Se. The van der Waals surface area contributed by atoms with Crippen LogP contribution in [-0.4, -0.2) is 294 Å². The number of aldehydes is 1. The Bertz CT molecular complexity index is 2730. The molecule has 0 bridgehead atoms. The molecule has 0 radical (unpaired) electrons. The zero-order valence-corrected chi connectivity index (χ0v) is 49.8. The van der Waals surface area contributed by atoms with Crippen molar-refractivity contribution in [3.8, 4) is 5.75 Å². The molecule has 2 aromatic rings. The first-order valence-corrected chi connectivity index (χ1v) is 30.1. The summed E-state index contributed by atoms with van der Waals surface area (Å²) >= 11 is -1.44. The molecule has 3 fully saturated rings. The molecule has 0 aromatic heterocycles. The fourth-order valence-corrected chi connectivity index (χ4v) is 13.6. The van der Waals surface area contributed by atoms with Gasteiger partial charge in [-0.25, -0.2) is 0 Å². The van der Waals surface area contributed by atoms with Crippen molar-refractivity contribution in [2.75, 3.05) is 39.5 Å². The van der Waals surface area contributed by atoms with Gasteiger partial charge in [-0.3, -0.25) is 4.79 Å². The van der Waals surface area contributed by atoms with Gasteiger partial charge in [0.05, 0.1) is 13.2 Å². The third kappa shape index (κ3) is 16.0. The van der Waals surface area contributed by atoms with E-state index in [9.17, 15) is 80.5 Å². The van der Waals surface area contributed by atoms with Crippen molar-refractivity contribution in [3.63, 3.8) is 0 Å². The second-order valence-electron chi connectivity index (χ2n) is 22.3. The number of ether oxygens (including phenoxy) is 6. The van der Waals surface area contributed by atoms with Gasteiger partial charge in [0.15, 0.2) is 12.4 Å². The van der Waals surface area contributed by atoms with Gasteiger partial charge in [-0.05, 0) is 5.92 Å². The Morgan fingerprint density at radius 1 is 0.750 bits per heavy atom. The predicted molar refractivity (Wildman–Crippen MR) is 302 cm³/mol. The average Bonchev–Trinajstić information content (AvgIpc) is 1.56. The van der Waals surface area contributed by atoms with E-state index in [0.29, 0.717) is 5.56 Å². The van der Waals surface area contributed by atoms with Crippen LogP contribution >= 0.6 is 0 Å². The fourth-order valence-electron chi connectivity index (χ4n) is 10.6. The Hall–Kier alpha value is -5.83. The number of carbonyl (C=O) groups excluding carboxylic acids is 5. The number of aliphatic hydroxyl groups excluding tert-OH is 11. The summed E-state index contributed by atoms with van der Waals surface area (Å²) in [5.41, 5.74) is 19.9. The molecule has 490 valence electrons. The summed E-state index contributed by atoms with van der Waals surface area (Å²) < 4.78 is 31.9. The van der Waals surface area contributed by atoms with Gasteiger partial charge in [-0.2, -0.15) is 0 Å². The van der Waals surface area contributed by atoms with Crippen molar-refractivity contribution in [1.29, 1.82) is 0 Å². The van der Waals surface area contributed by atoms with E-state index >= 15 is 4.79 Å². The van der Waals surface area contributed by atoms with Crippen LogP contribution in [0, 0.1) is 5.92 Å². The van der Waals surface area contributed by atoms with E-state index in [1.165, 1.54) is 24.3 Å². The zero-order chi connectivity index (χ0) is 64.5. The normalized spacial score (nSPS) is 33.1. The van der Waals surface area contributed by atoms with E-state index in [0.717, 1.165) is 4.90 Å². The molecule has 22 N–H and O–H groups in total. The van der Waals surface area contributed by atoms with E-state index in [-0.39, 0.29) is 42.4 Å². The summed E-state index contributed by atoms with van der Waals surface area (Å²) in [6.07, 6.45) is -26.9. The minimum Gasteiger partial charge on any atom is -0.394 e. The molecule has 0 saturated carbocycles. The van der Waals surface area contributed by atoms with Gasteiger partial charge in [0.2, 0.25) is 0 Å². The zero-order valence-electron chi connectivity index (χ0n) is 48.0. The Labute approximate surface area is 510 Å². The van der Waals surface area contributed by atoms with Crippen molar-refractivity contribution < 1.29 is 114 Å². The van der Waals surface area contributed by atoms with Crippen molar-refractivity contribution >= 4 is 56.9 Å². The topological polar surface area (TPSA) is 538 Å². The Morgan fingerprint density at radius 2 is 1.38 bits per heavy atom. The summed E-state index contributed by atoms with van der Waals surface area (Å²) in [7, 11) is 0. The van der Waals surface area contributed by atoms with Crippen LogP contribution in [0.1, 0.15) is 44.2 Å². The number of carbonyl (C=O) groups is 5. The van der Waals surface area contributed by atoms with Gasteiger partial charge >= 0.3 is 357 Å². The molecule has 0 aliphatic carbocycles. The SMILES string of the molecule is CC(C)CC(=O)OC1C(OC2C(CO)OC(Oc3ccc(C[C@H](NC(=O)[C@@H](N)C(C)c4ccccc4)C(=O)N[C@H](C(=O)N[C@H](C=O)CO)C(O)([Se]C4CN=C(N)N4)C4CN=C(N)N4C4OC(CO)C(O)C(O)C4O)cc3)C(O)C2O)OC(CO)C(O)C1O. The van der Waals surface area contributed by atoms with E-state index in [1.807, 2.05) is 0 Å². The number of aliphatic hydroxyl groups is 12. The first-order chi connectivity index (χ1) is 41.8. The van der Waals surface area contributed by atoms with Gasteiger partial charge in [-0.15, -0.1) is 0 Å². The molecule has 7 rings (SSSR count). The van der Waals surface area contributed by atoms with Crippen LogP contribution < -0.4 is 43.2 Å². The van der Waals surface area contributed by atoms with Crippen LogP contribution in [0.15, 0.2) is 64.6 Å². The maximum Gasteiger partial charge on any atom is 0.145 e. The minimum absolute atomic E-state index is 0.0414. The molecule has 3 saturated heterocycles. The molecule has 88 heavy (non-hydrogen) atoms. The smallest absolute Gasteiger partial charge is 0.145 e. The molecule has 34 heteroatoms. The molecule has 2 aromatic carbocycles. The maximum atomic E-state index is 15.2. The largest absolute Gasteiger partial charge is 0.394 e. The molecule has 0 spiro atoms. The van der Waals surface area contributed by atoms with E-state index < -0.39 is 222 Å².